The first-order chi connectivity index (χ1) is 9.83. The molecule has 0 atom stereocenters. The summed E-state index contributed by atoms with van der Waals surface area (Å²) in [5.41, 5.74) is 2.10. The first-order valence-electron chi connectivity index (χ1n) is 6.64. The molecule has 0 aliphatic heterocycles. The molecular formula is C16H18N4. The van der Waals surface area contributed by atoms with Gasteiger partial charge in [-0.3, -0.25) is 0 Å². The van der Waals surface area contributed by atoms with Crippen molar-refractivity contribution >= 4 is 11.5 Å². The van der Waals surface area contributed by atoms with Crippen LogP contribution in [0.3, 0.4) is 0 Å². The molecule has 0 radical (unpaired) electrons. The van der Waals surface area contributed by atoms with Gasteiger partial charge in [-0.05, 0) is 24.3 Å². The fourth-order valence-corrected chi connectivity index (χ4v) is 2.03. The average molecular weight is 266 g/mol. The lowest BCUT2D eigenvalue weighted by molar-refractivity contribution is 0.781. The Morgan fingerprint density at radius 1 is 1.15 bits per heavy atom. The second-order valence-electron chi connectivity index (χ2n) is 4.43. The number of anilines is 2. The lowest BCUT2D eigenvalue weighted by Gasteiger charge is -2.23. The third-order valence-electron chi connectivity index (χ3n) is 3.03. The molecular weight excluding hydrogens is 248 g/mol. The van der Waals surface area contributed by atoms with Crippen LogP contribution in [0, 0.1) is 11.3 Å². The van der Waals surface area contributed by atoms with Gasteiger partial charge in [0.1, 0.15) is 5.82 Å². The average Bonchev–Trinajstić information content (AvgIpc) is 2.52. The molecule has 20 heavy (non-hydrogen) atoms. The summed E-state index contributed by atoms with van der Waals surface area (Å²) in [6, 6.07) is 18.2. The molecule has 1 heterocycles. The van der Waals surface area contributed by atoms with Gasteiger partial charge in [-0.15, -0.1) is 0 Å². The number of hydrogen-bond acceptors (Lipinski definition) is 4. The SMILES string of the molecule is CNc1cccc(CN(CCC#N)c2ccccc2)n1. The topological polar surface area (TPSA) is 52.0 Å². The molecule has 1 aromatic carbocycles. The van der Waals surface area contributed by atoms with Crippen LogP contribution in [0.2, 0.25) is 0 Å². The van der Waals surface area contributed by atoms with Crippen molar-refractivity contribution in [2.24, 2.45) is 0 Å². The van der Waals surface area contributed by atoms with E-state index < -0.39 is 0 Å². The highest BCUT2D eigenvalue weighted by molar-refractivity contribution is 5.46. The highest BCUT2D eigenvalue weighted by Gasteiger charge is 2.08. The third kappa shape index (κ3) is 3.72. The van der Waals surface area contributed by atoms with E-state index in [9.17, 15) is 0 Å². The summed E-state index contributed by atoms with van der Waals surface area (Å²) in [6.45, 7) is 1.40. The number of pyridine rings is 1. The van der Waals surface area contributed by atoms with E-state index >= 15 is 0 Å². The summed E-state index contributed by atoms with van der Waals surface area (Å²) >= 11 is 0. The van der Waals surface area contributed by atoms with Gasteiger partial charge < -0.3 is 10.2 Å². The maximum Gasteiger partial charge on any atom is 0.126 e. The molecule has 0 fully saturated rings. The van der Waals surface area contributed by atoms with Crippen molar-refractivity contribution in [3.8, 4) is 6.07 Å². The maximum atomic E-state index is 8.81. The van der Waals surface area contributed by atoms with E-state index in [-0.39, 0.29) is 0 Å². The molecule has 0 unspecified atom stereocenters. The Bertz CT molecular complexity index is 575. The van der Waals surface area contributed by atoms with Gasteiger partial charge in [-0.25, -0.2) is 4.98 Å². The number of nitrogens with one attached hydrogen (secondary N) is 1. The lowest BCUT2D eigenvalue weighted by atomic mass is 10.2. The van der Waals surface area contributed by atoms with Crippen molar-refractivity contribution in [3.63, 3.8) is 0 Å². The van der Waals surface area contributed by atoms with E-state index in [0.29, 0.717) is 19.5 Å². The summed E-state index contributed by atoms with van der Waals surface area (Å²) in [4.78, 5) is 6.70. The van der Waals surface area contributed by atoms with Gasteiger partial charge >= 0.3 is 0 Å². The molecule has 0 spiro atoms. The van der Waals surface area contributed by atoms with Crippen LogP contribution in [0.5, 0.6) is 0 Å². The van der Waals surface area contributed by atoms with Crippen LogP contribution in [0.4, 0.5) is 11.5 Å². The number of rotatable bonds is 6. The highest BCUT2D eigenvalue weighted by Crippen LogP contribution is 2.17. The molecule has 102 valence electrons. The molecule has 1 aromatic heterocycles. The maximum absolute atomic E-state index is 8.81. The molecule has 0 saturated carbocycles. The minimum atomic E-state index is 0.501. The number of benzene rings is 1. The molecule has 1 N–H and O–H groups in total. The molecule has 0 saturated heterocycles. The Morgan fingerprint density at radius 3 is 2.65 bits per heavy atom. The van der Waals surface area contributed by atoms with E-state index in [2.05, 4.69) is 33.4 Å². The Morgan fingerprint density at radius 2 is 1.95 bits per heavy atom. The second-order valence-corrected chi connectivity index (χ2v) is 4.43. The summed E-state index contributed by atoms with van der Waals surface area (Å²) in [5, 5.41) is 11.8. The van der Waals surface area contributed by atoms with Gasteiger partial charge in [-0.1, -0.05) is 24.3 Å². The van der Waals surface area contributed by atoms with E-state index in [1.54, 1.807) is 0 Å². The van der Waals surface area contributed by atoms with E-state index in [0.717, 1.165) is 17.2 Å². The molecule has 0 aliphatic rings. The minimum absolute atomic E-state index is 0.501. The zero-order valence-electron chi connectivity index (χ0n) is 11.6. The van der Waals surface area contributed by atoms with Crippen molar-refractivity contribution in [1.82, 2.24) is 4.98 Å². The normalized spacial score (nSPS) is 9.80. The van der Waals surface area contributed by atoms with Crippen molar-refractivity contribution < 1.29 is 0 Å². The molecule has 2 aromatic rings. The predicted octanol–water partition coefficient (Wildman–Crippen LogP) is 3.04. The number of aromatic nitrogens is 1. The summed E-state index contributed by atoms with van der Waals surface area (Å²) in [5.74, 6) is 0.857. The molecule has 0 bridgehead atoms. The fourth-order valence-electron chi connectivity index (χ4n) is 2.03. The summed E-state index contributed by atoms with van der Waals surface area (Å²) < 4.78 is 0. The van der Waals surface area contributed by atoms with Crippen LogP contribution < -0.4 is 10.2 Å². The molecule has 0 aliphatic carbocycles. The fraction of sp³-hybridized carbons (Fsp3) is 0.250. The van der Waals surface area contributed by atoms with Crippen molar-refractivity contribution in [2.75, 3.05) is 23.8 Å². The van der Waals surface area contributed by atoms with Crippen molar-refractivity contribution in [2.45, 2.75) is 13.0 Å². The van der Waals surface area contributed by atoms with Gasteiger partial charge in [0.15, 0.2) is 0 Å². The van der Waals surface area contributed by atoms with Crippen LogP contribution in [0.15, 0.2) is 48.5 Å². The van der Waals surface area contributed by atoms with E-state index in [4.69, 9.17) is 5.26 Å². The minimum Gasteiger partial charge on any atom is -0.373 e. The van der Waals surface area contributed by atoms with Crippen LogP contribution in [-0.2, 0) is 6.54 Å². The standard InChI is InChI=1S/C16H18N4/c1-18-16-10-5-7-14(19-16)13-20(12-6-11-17)15-8-3-2-4-9-15/h2-5,7-10H,6,12-13H2,1H3,(H,18,19). The zero-order valence-corrected chi connectivity index (χ0v) is 11.6. The first kappa shape index (κ1) is 13.9. The third-order valence-corrected chi connectivity index (χ3v) is 3.03. The van der Waals surface area contributed by atoms with Gasteiger partial charge in [0, 0.05) is 19.3 Å². The molecule has 2 rings (SSSR count). The predicted molar refractivity (Wildman–Crippen MR) is 81.5 cm³/mol. The van der Waals surface area contributed by atoms with E-state index in [1.165, 1.54) is 0 Å². The smallest absolute Gasteiger partial charge is 0.126 e. The quantitative estimate of drug-likeness (QED) is 0.873. The number of hydrogen-bond donors (Lipinski definition) is 1. The van der Waals surface area contributed by atoms with E-state index in [1.807, 2.05) is 43.4 Å². The lowest BCUT2D eigenvalue weighted by Crippen LogP contribution is -2.24. The van der Waals surface area contributed by atoms with Gasteiger partial charge in [0.25, 0.3) is 0 Å². The van der Waals surface area contributed by atoms with Gasteiger partial charge in [0.05, 0.1) is 24.7 Å². The summed E-state index contributed by atoms with van der Waals surface area (Å²) in [7, 11) is 1.86. The number of nitrogens with zero attached hydrogens (tertiary/aromatic N) is 3. The Kier molecular flexibility index (Phi) is 4.96. The Hall–Kier alpha value is -2.54. The first-order valence-corrected chi connectivity index (χ1v) is 6.64. The van der Waals surface area contributed by atoms with Crippen LogP contribution in [0.25, 0.3) is 0 Å². The van der Waals surface area contributed by atoms with Crippen LogP contribution in [-0.4, -0.2) is 18.6 Å². The highest BCUT2D eigenvalue weighted by atomic mass is 15.1. The number of para-hydroxylation sites is 1. The van der Waals surface area contributed by atoms with Crippen molar-refractivity contribution in [3.05, 3.63) is 54.2 Å². The largest absolute Gasteiger partial charge is 0.373 e. The number of nitriles is 1. The molecule has 0 amide bonds. The zero-order chi connectivity index (χ0) is 14.2. The summed E-state index contributed by atoms with van der Waals surface area (Å²) in [6.07, 6.45) is 0.501. The monoisotopic (exact) mass is 266 g/mol. The Balaban J connectivity index is 2.17. The molecule has 4 heteroatoms. The van der Waals surface area contributed by atoms with Gasteiger partial charge in [-0.2, -0.15) is 5.26 Å². The molecule has 4 nitrogen and oxygen atoms in total. The van der Waals surface area contributed by atoms with Crippen molar-refractivity contribution in [1.29, 1.82) is 5.26 Å². The van der Waals surface area contributed by atoms with Crippen LogP contribution in [0.1, 0.15) is 12.1 Å². The van der Waals surface area contributed by atoms with Crippen LogP contribution >= 0.6 is 0 Å². The Labute approximate surface area is 119 Å². The van der Waals surface area contributed by atoms with Gasteiger partial charge in [0.2, 0.25) is 0 Å². The second kappa shape index (κ2) is 7.15.